The zero-order valence-electron chi connectivity index (χ0n) is 10.3. The topological polar surface area (TPSA) is 70.2 Å². The number of nitrogens with one attached hydrogen (secondary N) is 3. The fraction of sp³-hybridized carbons (Fsp3) is 0.385. The van der Waals surface area contributed by atoms with E-state index >= 15 is 0 Å². The number of anilines is 2. The Morgan fingerprint density at radius 3 is 2.61 bits per heavy atom. The molecule has 0 bridgehead atoms. The number of benzene rings is 1. The molecule has 5 heteroatoms. The third kappa shape index (κ3) is 3.30. The van der Waals surface area contributed by atoms with Crippen LogP contribution in [-0.2, 0) is 9.59 Å². The predicted octanol–water partition coefficient (Wildman–Crippen LogP) is 1.34. The third-order valence-electron chi connectivity index (χ3n) is 2.83. The Kier molecular flexibility index (Phi) is 3.94. The van der Waals surface area contributed by atoms with Gasteiger partial charge in [0, 0.05) is 18.3 Å². The summed E-state index contributed by atoms with van der Waals surface area (Å²) < 4.78 is 0. The van der Waals surface area contributed by atoms with Crippen molar-refractivity contribution in [2.75, 3.05) is 17.2 Å². The number of amides is 2. The van der Waals surface area contributed by atoms with Crippen LogP contribution < -0.4 is 16.0 Å². The minimum atomic E-state index is -0.129. The monoisotopic (exact) mass is 247 g/mol. The van der Waals surface area contributed by atoms with E-state index in [0.717, 1.165) is 19.4 Å². The third-order valence-corrected chi connectivity index (χ3v) is 2.83. The van der Waals surface area contributed by atoms with Crippen molar-refractivity contribution in [1.29, 1.82) is 0 Å². The van der Waals surface area contributed by atoms with Crippen LogP contribution in [0, 0.1) is 0 Å². The maximum absolute atomic E-state index is 11.9. The Morgan fingerprint density at radius 2 is 2.00 bits per heavy atom. The molecule has 0 saturated carbocycles. The number of hydrogen-bond donors (Lipinski definition) is 3. The van der Waals surface area contributed by atoms with Crippen LogP contribution in [0.1, 0.15) is 19.8 Å². The van der Waals surface area contributed by atoms with Crippen LogP contribution >= 0.6 is 0 Å². The first kappa shape index (κ1) is 12.6. The largest absolute Gasteiger partial charge is 0.326 e. The van der Waals surface area contributed by atoms with Gasteiger partial charge in [0.15, 0.2) is 0 Å². The summed E-state index contributed by atoms with van der Waals surface area (Å²) in [6, 6.07) is 7.02. The van der Waals surface area contributed by atoms with E-state index in [-0.39, 0.29) is 17.9 Å². The molecular formula is C13H17N3O2. The van der Waals surface area contributed by atoms with E-state index in [1.807, 2.05) is 0 Å². The van der Waals surface area contributed by atoms with Gasteiger partial charge in [0.25, 0.3) is 0 Å². The van der Waals surface area contributed by atoms with Gasteiger partial charge in [-0.25, -0.2) is 0 Å². The van der Waals surface area contributed by atoms with Crippen molar-refractivity contribution in [3.8, 4) is 0 Å². The van der Waals surface area contributed by atoms with Gasteiger partial charge in [-0.2, -0.15) is 0 Å². The van der Waals surface area contributed by atoms with E-state index in [1.54, 1.807) is 24.3 Å². The lowest BCUT2D eigenvalue weighted by atomic mass is 10.2. The summed E-state index contributed by atoms with van der Waals surface area (Å²) in [5.74, 6) is -0.150. The first-order chi connectivity index (χ1) is 8.65. The molecule has 0 spiro atoms. The summed E-state index contributed by atoms with van der Waals surface area (Å²) in [5.41, 5.74) is 1.37. The summed E-state index contributed by atoms with van der Waals surface area (Å²) in [4.78, 5) is 22.8. The van der Waals surface area contributed by atoms with Gasteiger partial charge < -0.3 is 16.0 Å². The molecule has 1 aliphatic rings. The molecule has 1 fully saturated rings. The molecule has 96 valence electrons. The molecule has 0 aliphatic carbocycles. The maximum atomic E-state index is 11.9. The molecule has 0 aromatic heterocycles. The van der Waals surface area contributed by atoms with Gasteiger partial charge >= 0.3 is 0 Å². The van der Waals surface area contributed by atoms with Crippen LogP contribution in [0.25, 0.3) is 0 Å². The number of carbonyl (C=O) groups excluding carboxylic acids is 2. The second kappa shape index (κ2) is 5.64. The zero-order chi connectivity index (χ0) is 13.0. The highest BCUT2D eigenvalue weighted by Crippen LogP contribution is 2.16. The molecule has 0 radical (unpaired) electrons. The summed E-state index contributed by atoms with van der Waals surface area (Å²) >= 11 is 0. The van der Waals surface area contributed by atoms with Crippen molar-refractivity contribution in [3.05, 3.63) is 24.3 Å². The Hall–Kier alpha value is -1.88. The van der Waals surface area contributed by atoms with Crippen molar-refractivity contribution in [2.45, 2.75) is 25.8 Å². The molecule has 1 aromatic rings. The van der Waals surface area contributed by atoms with Crippen LogP contribution in [0.3, 0.4) is 0 Å². The number of carbonyl (C=O) groups is 2. The number of hydrogen-bond acceptors (Lipinski definition) is 3. The molecule has 1 aromatic carbocycles. The maximum Gasteiger partial charge on any atom is 0.241 e. The van der Waals surface area contributed by atoms with Crippen molar-refractivity contribution in [1.82, 2.24) is 5.32 Å². The SMILES string of the molecule is CC(=O)Nc1cccc(NC(=O)[C@H]2CCCN2)c1. The van der Waals surface area contributed by atoms with E-state index in [4.69, 9.17) is 0 Å². The van der Waals surface area contributed by atoms with Gasteiger partial charge in [0.2, 0.25) is 11.8 Å². The van der Waals surface area contributed by atoms with Gasteiger partial charge in [-0.1, -0.05) is 6.07 Å². The predicted molar refractivity (Wildman–Crippen MR) is 70.4 cm³/mol. The van der Waals surface area contributed by atoms with Crippen LogP contribution in [-0.4, -0.2) is 24.4 Å². The van der Waals surface area contributed by atoms with Gasteiger partial charge in [-0.05, 0) is 37.6 Å². The summed E-state index contributed by atoms with van der Waals surface area (Å²) in [6.45, 7) is 2.34. The molecule has 1 aliphatic heterocycles. The standard InChI is InChI=1S/C13H17N3O2/c1-9(17)15-10-4-2-5-11(8-10)16-13(18)12-6-3-7-14-12/h2,4-5,8,12,14H,3,6-7H2,1H3,(H,15,17)(H,16,18)/t12-/m1/s1. The van der Waals surface area contributed by atoms with E-state index in [2.05, 4.69) is 16.0 Å². The van der Waals surface area contributed by atoms with Crippen molar-refractivity contribution in [2.24, 2.45) is 0 Å². The lowest BCUT2D eigenvalue weighted by Gasteiger charge is -2.12. The average molecular weight is 247 g/mol. The van der Waals surface area contributed by atoms with Crippen LogP contribution in [0.15, 0.2) is 24.3 Å². The van der Waals surface area contributed by atoms with Crippen LogP contribution in [0.5, 0.6) is 0 Å². The molecule has 1 saturated heterocycles. The minimum Gasteiger partial charge on any atom is -0.326 e. The van der Waals surface area contributed by atoms with Crippen LogP contribution in [0.2, 0.25) is 0 Å². The average Bonchev–Trinajstić information content (AvgIpc) is 2.81. The molecule has 1 atom stereocenters. The molecule has 0 unspecified atom stereocenters. The molecule has 2 amide bonds. The van der Waals surface area contributed by atoms with Crippen molar-refractivity contribution >= 4 is 23.2 Å². The molecule has 18 heavy (non-hydrogen) atoms. The second-order valence-electron chi connectivity index (χ2n) is 4.40. The van der Waals surface area contributed by atoms with E-state index in [0.29, 0.717) is 11.4 Å². The van der Waals surface area contributed by atoms with Crippen molar-refractivity contribution < 1.29 is 9.59 Å². The summed E-state index contributed by atoms with van der Waals surface area (Å²) in [7, 11) is 0. The van der Waals surface area contributed by atoms with Gasteiger partial charge in [-0.3, -0.25) is 9.59 Å². The Morgan fingerprint density at radius 1 is 1.28 bits per heavy atom. The Labute approximate surface area is 106 Å². The molecule has 3 N–H and O–H groups in total. The normalized spacial score (nSPS) is 18.4. The van der Waals surface area contributed by atoms with E-state index < -0.39 is 0 Å². The smallest absolute Gasteiger partial charge is 0.241 e. The first-order valence-electron chi connectivity index (χ1n) is 6.07. The summed E-state index contributed by atoms with van der Waals surface area (Å²) in [5, 5.41) is 8.67. The highest BCUT2D eigenvalue weighted by atomic mass is 16.2. The molecule has 5 nitrogen and oxygen atoms in total. The fourth-order valence-corrected chi connectivity index (χ4v) is 2.02. The number of rotatable bonds is 3. The quantitative estimate of drug-likeness (QED) is 0.754. The lowest BCUT2D eigenvalue weighted by molar-refractivity contribution is -0.117. The van der Waals surface area contributed by atoms with E-state index in [9.17, 15) is 9.59 Å². The highest BCUT2D eigenvalue weighted by molar-refractivity contribution is 5.96. The van der Waals surface area contributed by atoms with Crippen LogP contribution in [0.4, 0.5) is 11.4 Å². The van der Waals surface area contributed by atoms with E-state index in [1.165, 1.54) is 6.92 Å². The van der Waals surface area contributed by atoms with Gasteiger partial charge in [0.05, 0.1) is 6.04 Å². The molecular weight excluding hydrogens is 230 g/mol. The summed E-state index contributed by atoms with van der Waals surface area (Å²) in [6.07, 6.45) is 1.90. The molecule has 2 rings (SSSR count). The fourth-order valence-electron chi connectivity index (χ4n) is 2.02. The Balaban J connectivity index is 2.00. The van der Waals surface area contributed by atoms with Crippen molar-refractivity contribution in [3.63, 3.8) is 0 Å². The van der Waals surface area contributed by atoms with Gasteiger partial charge in [-0.15, -0.1) is 0 Å². The zero-order valence-corrected chi connectivity index (χ0v) is 10.3. The highest BCUT2D eigenvalue weighted by Gasteiger charge is 2.21. The molecule has 1 heterocycles. The Bertz CT molecular complexity index is 453. The first-order valence-corrected chi connectivity index (χ1v) is 6.07. The lowest BCUT2D eigenvalue weighted by Crippen LogP contribution is -2.35. The van der Waals surface area contributed by atoms with Gasteiger partial charge in [0.1, 0.15) is 0 Å². The minimum absolute atomic E-state index is 0.0209. The second-order valence-corrected chi connectivity index (χ2v) is 4.40.